The Morgan fingerprint density at radius 3 is 1.91 bits per heavy atom. The van der Waals surface area contributed by atoms with E-state index in [4.69, 9.17) is 18.9 Å². The quantitative estimate of drug-likeness (QED) is 0.467. The maximum absolute atomic E-state index is 6.73. The first kappa shape index (κ1) is 19.6. The molecule has 0 amide bonds. The fraction of sp³-hybridized carbons (Fsp3) is 0.857. The summed E-state index contributed by atoms with van der Waals surface area (Å²) in [4.78, 5) is 0. The van der Waals surface area contributed by atoms with Crippen LogP contribution < -0.4 is 0 Å². The predicted octanol–water partition coefficient (Wildman–Crippen LogP) is 5.52. The molecule has 2 aliphatic heterocycles. The van der Waals surface area contributed by atoms with Crippen molar-refractivity contribution in [2.45, 2.75) is 116 Å². The minimum absolute atomic E-state index is 0.164. The number of fused-ring (bicyclic) bond motifs is 4. The third kappa shape index (κ3) is 2.16. The minimum Gasteiger partial charge on any atom is -0.344 e. The van der Waals surface area contributed by atoms with Crippen molar-refractivity contribution in [1.82, 2.24) is 0 Å². The molecule has 32 heavy (non-hydrogen) atoms. The Balaban J connectivity index is 1.42. The van der Waals surface area contributed by atoms with Gasteiger partial charge in [0.2, 0.25) is 0 Å². The summed E-state index contributed by atoms with van der Waals surface area (Å²) in [6, 6.07) is 0. The van der Waals surface area contributed by atoms with Gasteiger partial charge in [-0.2, -0.15) is 0 Å². The smallest absolute Gasteiger partial charge is 0.163 e. The van der Waals surface area contributed by atoms with Gasteiger partial charge in [0.1, 0.15) is 0 Å². The Bertz CT molecular complexity index is 963. The summed E-state index contributed by atoms with van der Waals surface area (Å²) < 4.78 is 26.8. The summed E-state index contributed by atoms with van der Waals surface area (Å²) in [5.74, 6) is 1.13. The van der Waals surface area contributed by atoms with Gasteiger partial charge in [-0.25, -0.2) is 0 Å². The van der Waals surface area contributed by atoms with Crippen molar-refractivity contribution in [3.05, 3.63) is 22.3 Å². The zero-order chi connectivity index (χ0) is 22.0. The Labute approximate surface area is 192 Å². The Hall–Kier alpha value is -0.680. The van der Waals surface area contributed by atoms with Crippen LogP contribution >= 0.6 is 0 Å². The molecule has 10 bridgehead atoms. The molecule has 0 radical (unpaired) electrons. The number of hydrogen-bond donors (Lipinski definition) is 0. The fourth-order valence-corrected chi connectivity index (χ4v) is 10.2. The molecule has 0 aromatic rings. The van der Waals surface area contributed by atoms with Gasteiger partial charge in [-0.3, -0.25) is 0 Å². The highest BCUT2D eigenvalue weighted by molar-refractivity contribution is 5.45. The van der Waals surface area contributed by atoms with Crippen LogP contribution in [-0.2, 0) is 18.9 Å². The average molecular weight is 439 g/mol. The lowest BCUT2D eigenvalue weighted by atomic mass is 9.71. The summed E-state index contributed by atoms with van der Waals surface area (Å²) >= 11 is 0. The molecule has 0 spiro atoms. The molecule has 174 valence electrons. The zero-order valence-corrected chi connectivity index (χ0v) is 20.5. The van der Waals surface area contributed by atoms with E-state index in [9.17, 15) is 0 Å². The van der Waals surface area contributed by atoms with Crippen LogP contribution in [0.5, 0.6) is 0 Å². The first-order valence-corrected chi connectivity index (χ1v) is 13.1. The molecule has 5 saturated carbocycles. The van der Waals surface area contributed by atoms with Crippen molar-refractivity contribution in [1.29, 1.82) is 0 Å². The Morgan fingerprint density at radius 1 is 0.656 bits per heavy atom. The highest BCUT2D eigenvalue weighted by Gasteiger charge is 2.69. The molecular formula is C28H38O4. The summed E-state index contributed by atoms with van der Waals surface area (Å²) in [6.07, 6.45) is 8.04. The molecule has 2 saturated heterocycles. The summed E-state index contributed by atoms with van der Waals surface area (Å²) in [6.45, 7) is 13.6. The minimum atomic E-state index is -0.490. The van der Waals surface area contributed by atoms with Crippen molar-refractivity contribution in [2.75, 3.05) is 0 Å². The van der Waals surface area contributed by atoms with Crippen molar-refractivity contribution in [2.24, 2.45) is 34.5 Å². The van der Waals surface area contributed by atoms with Crippen molar-refractivity contribution >= 4 is 0 Å². The SMILES string of the molecule is CC1(C)OC2CC3=C4CC5(C)CC(=C6C(CC7C3C3OC(C)(C)OC3C67)C2O1)CC5(C)C4. The van der Waals surface area contributed by atoms with Gasteiger partial charge < -0.3 is 18.9 Å². The van der Waals surface area contributed by atoms with E-state index >= 15 is 0 Å². The number of hydrogen-bond acceptors (Lipinski definition) is 4. The molecule has 4 nitrogen and oxygen atoms in total. The van der Waals surface area contributed by atoms with Crippen LogP contribution in [0.3, 0.4) is 0 Å². The highest BCUT2D eigenvalue weighted by Crippen LogP contribution is 2.73. The van der Waals surface area contributed by atoms with Crippen LogP contribution in [0.15, 0.2) is 22.3 Å². The van der Waals surface area contributed by atoms with E-state index in [1.165, 1.54) is 32.1 Å². The van der Waals surface area contributed by atoms with Crippen LogP contribution in [0, 0.1) is 34.5 Å². The molecule has 9 rings (SSSR count). The molecule has 2 heterocycles. The third-order valence-electron chi connectivity index (χ3n) is 11.3. The van der Waals surface area contributed by atoms with E-state index in [1.54, 1.807) is 22.3 Å². The highest BCUT2D eigenvalue weighted by atomic mass is 16.8. The van der Waals surface area contributed by atoms with E-state index in [2.05, 4.69) is 41.5 Å². The van der Waals surface area contributed by atoms with Crippen LogP contribution in [0.2, 0.25) is 0 Å². The molecular weight excluding hydrogens is 400 g/mol. The molecule has 7 aliphatic carbocycles. The molecule has 10 unspecified atom stereocenters. The maximum Gasteiger partial charge on any atom is 0.163 e. The van der Waals surface area contributed by atoms with Crippen LogP contribution in [-0.4, -0.2) is 36.0 Å². The fourth-order valence-electron chi connectivity index (χ4n) is 10.2. The summed E-state index contributed by atoms with van der Waals surface area (Å²) in [7, 11) is 0. The van der Waals surface area contributed by atoms with E-state index in [1.807, 2.05) is 0 Å². The molecule has 0 aromatic heterocycles. The van der Waals surface area contributed by atoms with Crippen molar-refractivity contribution < 1.29 is 18.9 Å². The summed E-state index contributed by atoms with van der Waals surface area (Å²) in [5, 5.41) is 0. The van der Waals surface area contributed by atoms with E-state index in [-0.39, 0.29) is 24.4 Å². The first-order chi connectivity index (χ1) is 15.0. The molecule has 10 atom stereocenters. The van der Waals surface area contributed by atoms with Crippen molar-refractivity contribution in [3.8, 4) is 0 Å². The molecule has 4 heteroatoms. The van der Waals surface area contributed by atoms with E-state index < -0.39 is 11.6 Å². The van der Waals surface area contributed by atoms with Gasteiger partial charge >= 0.3 is 0 Å². The maximum atomic E-state index is 6.73. The standard InChI is InChI=1S/C28H38O4/c1-25(2)29-18-8-15-13-9-27(5)11-14(12-28(27,6)10-13)19-17(22(18)30-25)7-16-20(15)23-24(21(16)19)32-26(3,4)31-23/h16-18,20-24H,7-12H2,1-6H3. The van der Waals surface area contributed by atoms with Crippen molar-refractivity contribution in [3.63, 3.8) is 0 Å². The van der Waals surface area contributed by atoms with Gasteiger partial charge in [0.25, 0.3) is 0 Å². The van der Waals surface area contributed by atoms with Crippen LogP contribution in [0.4, 0.5) is 0 Å². The molecule has 9 aliphatic rings. The lowest BCUT2D eigenvalue weighted by molar-refractivity contribution is -0.162. The average Bonchev–Trinajstić information content (AvgIpc) is 3.40. The van der Waals surface area contributed by atoms with Gasteiger partial charge in [-0.05, 0) is 83.0 Å². The molecule has 7 fully saturated rings. The van der Waals surface area contributed by atoms with Gasteiger partial charge in [-0.15, -0.1) is 0 Å². The third-order valence-corrected chi connectivity index (χ3v) is 11.3. The monoisotopic (exact) mass is 438 g/mol. The van der Waals surface area contributed by atoms with Crippen LogP contribution in [0.1, 0.15) is 80.1 Å². The largest absolute Gasteiger partial charge is 0.344 e. The summed E-state index contributed by atoms with van der Waals surface area (Å²) in [5.41, 5.74) is 7.71. The Kier molecular flexibility index (Phi) is 3.32. The second-order valence-corrected chi connectivity index (χ2v) is 14.0. The normalized spacial score (nSPS) is 57.6. The lowest BCUT2D eigenvalue weighted by Gasteiger charge is -2.35. The van der Waals surface area contributed by atoms with Crippen LogP contribution in [0.25, 0.3) is 0 Å². The van der Waals surface area contributed by atoms with Gasteiger partial charge in [0, 0.05) is 17.8 Å². The first-order valence-electron chi connectivity index (χ1n) is 13.1. The Morgan fingerprint density at radius 2 is 1.22 bits per heavy atom. The predicted molar refractivity (Wildman–Crippen MR) is 120 cm³/mol. The molecule has 0 aromatic carbocycles. The number of allylic oxidation sites excluding steroid dienone is 2. The molecule has 0 N–H and O–H groups in total. The number of rotatable bonds is 0. The van der Waals surface area contributed by atoms with Gasteiger partial charge in [0.15, 0.2) is 11.6 Å². The topological polar surface area (TPSA) is 36.9 Å². The lowest BCUT2D eigenvalue weighted by Crippen LogP contribution is -2.39. The van der Waals surface area contributed by atoms with Gasteiger partial charge in [-0.1, -0.05) is 36.1 Å². The van der Waals surface area contributed by atoms with E-state index in [0.29, 0.717) is 34.5 Å². The number of ether oxygens (including phenoxy) is 4. The second-order valence-electron chi connectivity index (χ2n) is 14.0. The van der Waals surface area contributed by atoms with Gasteiger partial charge in [0.05, 0.1) is 24.4 Å². The zero-order valence-electron chi connectivity index (χ0n) is 20.5. The van der Waals surface area contributed by atoms with E-state index in [0.717, 1.165) is 6.42 Å². The second kappa shape index (κ2) is 5.42.